The van der Waals surface area contributed by atoms with Gasteiger partial charge in [0.2, 0.25) is 5.88 Å². The second kappa shape index (κ2) is 5.91. The molecule has 1 fully saturated rings. The van der Waals surface area contributed by atoms with Crippen LogP contribution >= 0.6 is 0 Å². The Bertz CT molecular complexity index is 390. The molecule has 0 atom stereocenters. The van der Waals surface area contributed by atoms with Crippen LogP contribution in [0.4, 0.5) is 11.5 Å². The van der Waals surface area contributed by atoms with E-state index in [-0.39, 0.29) is 6.10 Å². The van der Waals surface area contributed by atoms with Crippen molar-refractivity contribution in [3.63, 3.8) is 0 Å². The van der Waals surface area contributed by atoms with Gasteiger partial charge in [0.25, 0.3) is 0 Å². The lowest BCUT2D eigenvalue weighted by Crippen LogP contribution is -2.23. The van der Waals surface area contributed by atoms with E-state index in [1.807, 2.05) is 6.07 Å². The average Bonchev–Trinajstić information content (AvgIpc) is 2.39. The molecule has 100 valence electrons. The number of aliphatic hydroxyl groups is 1. The highest BCUT2D eigenvalue weighted by atomic mass is 16.5. The number of nitrogens with two attached hydrogens (primary N) is 1. The predicted octanol–water partition coefficient (Wildman–Crippen LogP) is 1.64. The van der Waals surface area contributed by atoms with Gasteiger partial charge in [-0.3, -0.25) is 0 Å². The minimum absolute atomic E-state index is 0.101. The lowest BCUT2D eigenvalue weighted by molar-refractivity contribution is 0.111. The summed E-state index contributed by atoms with van der Waals surface area (Å²) in [5.74, 6) is 1.85. The maximum absolute atomic E-state index is 9.45. The fraction of sp³-hybridized carbons (Fsp3) is 0.615. The number of nitrogens with zero attached hydrogens (tertiary/aromatic N) is 1. The van der Waals surface area contributed by atoms with E-state index in [1.165, 1.54) is 0 Å². The van der Waals surface area contributed by atoms with E-state index in [4.69, 9.17) is 10.5 Å². The monoisotopic (exact) mass is 251 g/mol. The van der Waals surface area contributed by atoms with Gasteiger partial charge in [0.1, 0.15) is 5.82 Å². The largest absolute Gasteiger partial charge is 0.479 e. The molecule has 4 N–H and O–H groups in total. The Morgan fingerprint density at radius 3 is 2.78 bits per heavy atom. The quantitative estimate of drug-likeness (QED) is 0.758. The number of nitrogens with one attached hydrogen (secondary N) is 1. The third-order valence-electron chi connectivity index (χ3n) is 3.47. The van der Waals surface area contributed by atoms with Gasteiger partial charge in [-0.1, -0.05) is 0 Å². The highest BCUT2D eigenvalue weighted by molar-refractivity contribution is 5.53. The molecule has 5 nitrogen and oxygen atoms in total. The molecular formula is C13H21N3O2. The van der Waals surface area contributed by atoms with Gasteiger partial charge in [-0.15, -0.1) is 0 Å². The van der Waals surface area contributed by atoms with Crippen LogP contribution in [-0.4, -0.2) is 29.8 Å². The first-order valence-corrected chi connectivity index (χ1v) is 6.41. The first-order valence-electron chi connectivity index (χ1n) is 6.41. The number of aromatic nitrogens is 1. The Balaban J connectivity index is 1.86. The molecule has 18 heavy (non-hydrogen) atoms. The molecule has 0 aromatic carbocycles. The molecule has 1 aromatic heterocycles. The van der Waals surface area contributed by atoms with Gasteiger partial charge in [-0.25, -0.2) is 0 Å². The number of ether oxygens (including phenoxy) is 1. The SMILES string of the molecule is COc1nc(NCC2CCC(O)CC2)ccc1N. The highest BCUT2D eigenvalue weighted by Gasteiger charge is 2.19. The number of hydrogen-bond donors (Lipinski definition) is 3. The number of aliphatic hydroxyl groups excluding tert-OH is 1. The molecular weight excluding hydrogens is 230 g/mol. The van der Waals surface area contributed by atoms with Gasteiger partial charge < -0.3 is 20.9 Å². The van der Waals surface area contributed by atoms with Gasteiger partial charge in [-0.2, -0.15) is 4.98 Å². The van der Waals surface area contributed by atoms with Gasteiger partial charge in [0.05, 0.1) is 18.9 Å². The van der Waals surface area contributed by atoms with Crippen LogP contribution in [0.3, 0.4) is 0 Å². The van der Waals surface area contributed by atoms with Crippen molar-refractivity contribution in [2.45, 2.75) is 31.8 Å². The van der Waals surface area contributed by atoms with Crippen LogP contribution in [0.5, 0.6) is 5.88 Å². The van der Waals surface area contributed by atoms with E-state index in [9.17, 15) is 5.11 Å². The van der Waals surface area contributed by atoms with Crippen LogP contribution < -0.4 is 15.8 Å². The summed E-state index contributed by atoms with van der Waals surface area (Å²) < 4.78 is 5.08. The maximum atomic E-state index is 9.45. The number of rotatable bonds is 4. The second-order valence-corrected chi connectivity index (χ2v) is 4.85. The zero-order chi connectivity index (χ0) is 13.0. The summed E-state index contributed by atoms with van der Waals surface area (Å²) >= 11 is 0. The summed E-state index contributed by atoms with van der Waals surface area (Å²) in [6.45, 7) is 0.882. The minimum atomic E-state index is -0.101. The Morgan fingerprint density at radius 2 is 2.11 bits per heavy atom. The van der Waals surface area contributed by atoms with Crippen LogP contribution in [0.2, 0.25) is 0 Å². The summed E-state index contributed by atoms with van der Waals surface area (Å²) in [5.41, 5.74) is 6.26. The summed E-state index contributed by atoms with van der Waals surface area (Å²) in [4.78, 5) is 4.28. The van der Waals surface area contributed by atoms with Crippen molar-refractivity contribution in [2.24, 2.45) is 5.92 Å². The van der Waals surface area contributed by atoms with Crippen molar-refractivity contribution in [1.82, 2.24) is 4.98 Å². The molecule has 5 heteroatoms. The van der Waals surface area contributed by atoms with E-state index in [0.717, 1.165) is 38.0 Å². The third kappa shape index (κ3) is 3.26. The van der Waals surface area contributed by atoms with Crippen molar-refractivity contribution < 1.29 is 9.84 Å². The summed E-state index contributed by atoms with van der Waals surface area (Å²) in [6.07, 6.45) is 3.85. The maximum Gasteiger partial charge on any atom is 0.238 e. The Labute approximate surface area is 107 Å². The number of pyridine rings is 1. The number of anilines is 2. The summed E-state index contributed by atoms with van der Waals surface area (Å²) in [7, 11) is 1.56. The van der Waals surface area contributed by atoms with E-state index >= 15 is 0 Å². The van der Waals surface area contributed by atoms with Crippen molar-refractivity contribution >= 4 is 11.5 Å². The van der Waals surface area contributed by atoms with E-state index in [2.05, 4.69) is 10.3 Å². The topological polar surface area (TPSA) is 80.4 Å². The van der Waals surface area contributed by atoms with Gasteiger partial charge in [0.15, 0.2) is 0 Å². The van der Waals surface area contributed by atoms with E-state index in [0.29, 0.717) is 17.5 Å². The first-order chi connectivity index (χ1) is 8.69. The molecule has 1 saturated carbocycles. The fourth-order valence-electron chi connectivity index (χ4n) is 2.31. The summed E-state index contributed by atoms with van der Waals surface area (Å²) in [5, 5.41) is 12.8. The van der Waals surface area contributed by atoms with Gasteiger partial charge >= 0.3 is 0 Å². The third-order valence-corrected chi connectivity index (χ3v) is 3.47. The van der Waals surface area contributed by atoms with Crippen LogP contribution in [0.1, 0.15) is 25.7 Å². The van der Waals surface area contributed by atoms with Crippen molar-refractivity contribution in [3.05, 3.63) is 12.1 Å². The lowest BCUT2D eigenvalue weighted by Gasteiger charge is -2.25. The molecule has 0 unspecified atom stereocenters. The Kier molecular flexibility index (Phi) is 4.25. The molecule has 0 bridgehead atoms. The number of nitrogen functional groups attached to an aromatic ring is 1. The minimum Gasteiger partial charge on any atom is -0.479 e. The van der Waals surface area contributed by atoms with Crippen molar-refractivity contribution in [3.8, 4) is 5.88 Å². The molecule has 1 heterocycles. The molecule has 0 spiro atoms. The van der Waals surface area contributed by atoms with Crippen LogP contribution in [0, 0.1) is 5.92 Å². The van der Waals surface area contributed by atoms with Gasteiger partial charge in [0, 0.05) is 6.54 Å². The molecule has 0 amide bonds. The van der Waals surface area contributed by atoms with Crippen LogP contribution in [0.15, 0.2) is 12.1 Å². The molecule has 1 aromatic rings. The first kappa shape index (κ1) is 13.0. The Morgan fingerprint density at radius 1 is 1.39 bits per heavy atom. The zero-order valence-corrected chi connectivity index (χ0v) is 10.7. The molecule has 2 rings (SSSR count). The predicted molar refractivity (Wildman–Crippen MR) is 71.7 cm³/mol. The highest BCUT2D eigenvalue weighted by Crippen LogP contribution is 2.25. The lowest BCUT2D eigenvalue weighted by atomic mass is 9.87. The smallest absolute Gasteiger partial charge is 0.238 e. The number of hydrogen-bond acceptors (Lipinski definition) is 5. The molecule has 1 aliphatic rings. The Hall–Kier alpha value is -1.49. The van der Waals surface area contributed by atoms with Crippen LogP contribution in [-0.2, 0) is 0 Å². The van der Waals surface area contributed by atoms with Crippen LogP contribution in [0.25, 0.3) is 0 Å². The normalized spacial score (nSPS) is 23.7. The van der Waals surface area contributed by atoms with Gasteiger partial charge in [-0.05, 0) is 43.7 Å². The fourth-order valence-corrected chi connectivity index (χ4v) is 2.31. The molecule has 0 radical (unpaired) electrons. The zero-order valence-electron chi connectivity index (χ0n) is 10.7. The second-order valence-electron chi connectivity index (χ2n) is 4.85. The van der Waals surface area contributed by atoms with Crippen molar-refractivity contribution in [2.75, 3.05) is 24.7 Å². The summed E-state index contributed by atoms with van der Waals surface area (Å²) in [6, 6.07) is 3.65. The standard InChI is InChI=1S/C13H21N3O2/c1-18-13-11(14)6-7-12(16-13)15-8-9-2-4-10(17)5-3-9/h6-7,9-10,17H,2-5,8,14H2,1H3,(H,15,16). The van der Waals surface area contributed by atoms with E-state index in [1.54, 1.807) is 13.2 Å². The van der Waals surface area contributed by atoms with Crippen molar-refractivity contribution in [1.29, 1.82) is 0 Å². The molecule has 1 aliphatic carbocycles. The average molecular weight is 251 g/mol. The number of methoxy groups -OCH3 is 1. The molecule has 0 saturated heterocycles. The van der Waals surface area contributed by atoms with E-state index < -0.39 is 0 Å². The molecule has 0 aliphatic heterocycles.